The molecule has 9 heteroatoms. The van der Waals surface area contributed by atoms with E-state index in [9.17, 15) is 10.1 Å². The molecule has 4 rings (SSSR count). The number of aryl methyl sites for hydroxylation is 1. The molecule has 0 bridgehead atoms. The molecule has 1 saturated carbocycles. The summed E-state index contributed by atoms with van der Waals surface area (Å²) in [4.78, 5) is 19.7. The van der Waals surface area contributed by atoms with Crippen molar-refractivity contribution in [1.29, 1.82) is 0 Å². The van der Waals surface area contributed by atoms with Gasteiger partial charge in [-0.2, -0.15) is 4.98 Å². The van der Waals surface area contributed by atoms with E-state index >= 15 is 0 Å². The fraction of sp³-hybridized carbons (Fsp3) is 0.450. The van der Waals surface area contributed by atoms with Crippen molar-refractivity contribution in [3.05, 3.63) is 51.7 Å². The number of nitrogens with zero attached hydrogens (tertiary/aromatic N) is 5. The van der Waals surface area contributed by atoms with Crippen molar-refractivity contribution >= 4 is 17.4 Å². The molecule has 0 spiro atoms. The number of non-ortho nitro benzene ring substituents is 1. The van der Waals surface area contributed by atoms with E-state index in [0.29, 0.717) is 29.1 Å². The molecule has 0 amide bonds. The lowest BCUT2D eigenvalue weighted by Gasteiger charge is -2.25. The molecule has 0 unspecified atom stereocenters. The monoisotopic (exact) mass is 413 g/mol. The van der Waals surface area contributed by atoms with E-state index < -0.39 is 4.92 Å². The first-order chi connectivity index (χ1) is 14.0. The first-order valence-electron chi connectivity index (χ1n) is 9.78. The van der Waals surface area contributed by atoms with E-state index in [2.05, 4.69) is 21.6 Å². The van der Waals surface area contributed by atoms with Gasteiger partial charge in [0.1, 0.15) is 0 Å². The normalized spacial score (nSPS) is 15.0. The van der Waals surface area contributed by atoms with E-state index in [4.69, 9.17) is 9.51 Å². The Morgan fingerprint density at radius 2 is 2.03 bits per heavy atom. The van der Waals surface area contributed by atoms with Crippen LogP contribution >= 0.6 is 11.8 Å². The van der Waals surface area contributed by atoms with E-state index in [1.54, 1.807) is 23.9 Å². The second-order valence-corrected chi connectivity index (χ2v) is 8.28. The molecule has 8 nitrogen and oxygen atoms in total. The second-order valence-electron chi connectivity index (χ2n) is 7.33. The molecule has 2 aromatic heterocycles. The van der Waals surface area contributed by atoms with Gasteiger partial charge in [-0.3, -0.25) is 10.1 Å². The maximum absolute atomic E-state index is 11.0. The minimum atomic E-state index is -0.434. The molecule has 1 aliphatic carbocycles. The number of hydrogen-bond acceptors (Lipinski definition) is 7. The van der Waals surface area contributed by atoms with Crippen molar-refractivity contribution in [2.75, 3.05) is 0 Å². The maximum atomic E-state index is 11.0. The first-order valence-corrected chi connectivity index (χ1v) is 10.8. The van der Waals surface area contributed by atoms with E-state index in [1.807, 2.05) is 6.92 Å². The zero-order valence-corrected chi connectivity index (χ0v) is 17.3. The maximum Gasteiger partial charge on any atom is 0.270 e. The molecule has 0 atom stereocenters. The number of rotatable bonds is 6. The summed E-state index contributed by atoms with van der Waals surface area (Å²) in [7, 11) is 0. The summed E-state index contributed by atoms with van der Waals surface area (Å²) in [5, 5.41) is 15.9. The summed E-state index contributed by atoms with van der Waals surface area (Å²) in [5.41, 5.74) is 2.85. The summed E-state index contributed by atoms with van der Waals surface area (Å²) in [5.74, 6) is 1.34. The average molecular weight is 414 g/mol. The first kappa shape index (κ1) is 19.6. The van der Waals surface area contributed by atoms with Gasteiger partial charge in [-0.15, -0.1) is 0 Å². The standard InChI is InChI=1S/C20H23N5O3S/c1-13-14(2)24(16-8-4-3-5-9-16)20(21-13)29-12-18-22-19(23-28-18)15-7-6-10-17(11-15)25(26)27/h6-7,10-11,16H,3-5,8-9,12H2,1-2H3. The highest BCUT2D eigenvalue weighted by Crippen LogP contribution is 2.35. The lowest BCUT2D eigenvalue weighted by atomic mass is 9.95. The van der Waals surface area contributed by atoms with Crippen LogP contribution in [-0.2, 0) is 5.75 Å². The smallest absolute Gasteiger partial charge is 0.270 e. The Hall–Kier alpha value is -2.68. The molecule has 29 heavy (non-hydrogen) atoms. The highest BCUT2D eigenvalue weighted by Gasteiger charge is 2.22. The molecule has 1 aliphatic rings. The van der Waals surface area contributed by atoms with Crippen LogP contribution in [-0.4, -0.2) is 24.6 Å². The highest BCUT2D eigenvalue weighted by atomic mass is 32.2. The fourth-order valence-electron chi connectivity index (χ4n) is 3.78. The molecule has 152 valence electrons. The third-order valence-electron chi connectivity index (χ3n) is 5.40. The summed E-state index contributed by atoms with van der Waals surface area (Å²) < 4.78 is 7.75. The lowest BCUT2D eigenvalue weighted by Crippen LogP contribution is -2.15. The van der Waals surface area contributed by atoms with Crippen LogP contribution in [0.2, 0.25) is 0 Å². The number of benzene rings is 1. The molecule has 0 aliphatic heterocycles. The zero-order chi connectivity index (χ0) is 20.4. The fourth-order valence-corrected chi connectivity index (χ4v) is 4.78. The van der Waals surface area contributed by atoms with Crippen molar-refractivity contribution in [2.45, 2.75) is 62.9 Å². The average Bonchev–Trinajstić information content (AvgIpc) is 3.32. The predicted octanol–water partition coefficient (Wildman–Crippen LogP) is 5.26. The Labute approximate surface area is 172 Å². The number of imidazole rings is 1. The van der Waals surface area contributed by atoms with Crippen molar-refractivity contribution in [1.82, 2.24) is 19.7 Å². The van der Waals surface area contributed by atoms with Crippen molar-refractivity contribution in [2.24, 2.45) is 0 Å². The van der Waals surface area contributed by atoms with Crippen LogP contribution < -0.4 is 0 Å². The van der Waals surface area contributed by atoms with Gasteiger partial charge >= 0.3 is 0 Å². The third-order valence-corrected chi connectivity index (χ3v) is 6.34. The summed E-state index contributed by atoms with van der Waals surface area (Å²) in [6.45, 7) is 4.18. The van der Waals surface area contributed by atoms with E-state index in [0.717, 1.165) is 10.9 Å². The molecule has 1 fully saturated rings. The van der Waals surface area contributed by atoms with Crippen LogP contribution in [0.1, 0.15) is 55.4 Å². The minimum absolute atomic E-state index is 0.00341. The second kappa shape index (κ2) is 8.36. The van der Waals surface area contributed by atoms with Crippen LogP contribution in [0.5, 0.6) is 0 Å². The number of aromatic nitrogens is 4. The lowest BCUT2D eigenvalue weighted by molar-refractivity contribution is -0.384. The van der Waals surface area contributed by atoms with Crippen LogP contribution in [0.4, 0.5) is 5.69 Å². The van der Waals surface area contributed by atoms with Gasteiger partial charge in [0, 0.05) is 29.4 Å². The molecular weight excluding hydrogens is 390 g/mol. The molecule has 0 radical (unpaired) electrons. The van der Waals surface area contributed by atoms with E-state index in [1.165, 1.54) is 49.9 Å². The Morgan fingerprint density at radius 1 is 1.24 bits per heavy atom. The highest BCUT2D eigenvalue weighted by molar-refractivity contribution is 7.98. The van der Waals surface area contributed by atoms with Gasteiger partial charge in [-0.25, -0.2) is 4.98 Å². The topological polar surface area (TPSA) is 99.9 Å². The number of nitro groups is 1. The number of thioether (sulfide) groups is 1. The molecule has 3 aromatic rings. The van der Waals surface area contributed by atoms with Gasteiger partial charge in [0.15, 0.2) is 5.16 Å². The Kier molecular flexibility index (Phi) is 5.66. The molecule has 0 N–H and O–H groups in total. The number of nitro benzene ring substituents is 1. The molecular formula is C20H23N5O3S. The van der Waals surface area contributed by atoms with Gasteiger partial charge in [0.25, 0.3) is 5.69 Å². The number of hydrogen-bond donors (Lipinski definition) is 0. The SMILES string of the molecule is Cc1nc(SCc2nc(-c3cccc([N+](=O)[O-])c3)no2)n(C2CCCCC2)c1C. The van der Waals surface area contributed by atoms with Crippen molar-refractivity contribution in [3.63, 3.8) is 0 Å². The van der Waals surface area contributed by atoms with Crippen LogP contribution in [0.15, 0.2) is 33.9 Å². The molecule has 1 aromatic carbocycles. The van der Waals surface area contributed by atoms with Crippen LogP contribution in [0.3, 0.4) is 0 Å². The van der Waals surface area contributed by atoms with Crippen molar-refractivity contribution < 1.29 is 9.45 Å². The summed E-state index contributed by atoms with van der Waals surface area (Å²) in [6, 6.07) is 6.75. The summed E-state index contributed by atoms with van der Waals surface area (Å²) in [6.07, 6.45) is 6.24. The van der Waals surface area contributed by atoms with Gasteiger partial charge in [0.2, 0.25) is 11.7 Å². The van der Waals surface area contributed by atoms with E-state index in [-0.39, 0.29) is 5.69 Å². The minimum Gasteiger partial charge on any atom is -0.338 e. The quantitative estimate of drug-likeness (QED) is 0.309. The largest absolute Gasteiger partial charge is 0.338 e. The zero-order valence-electron chi connectivity index (χ0n) is 16.5. The Morgan fingerprint density at radius 3 is 2.79 bits per heavy atom. The van der Waals surface area contributed by atoms with Gasteiger partial charge in [0.05, 0.1) is 16.4 Å². The van der Waals surface area contributed by atoms with Gasteiger partial charge in [-0.1, -0.05) is 48.3 Å². The van der Waals surface area contributed by atoms with Crippen molar-refractivity contribution in [3.8, 4) is 11.4 Å². The summed E-state index contributed by atoms with van der Waals surface area (Å²) >= 11 is 1.59. The third kappa shape index (κ3) is 4.19. The van der Waals surface area contributed by atoms with Gasteiger partial charge in [-0.05, 0) is 26.7 Å². The van der Waals surface area contributed by atoms with Crippen LogP contribution in [0, 0.1) is 24.0 Å². The molecule has 0 saturated heterocycles. The van der Waals surface area contributed by atoms with Crippen LogP contribution in [0.25, 0.3) is 11.4 Å². The molecule has 2 heterocycles. The van der Waals surface area contributed by atoms with Gasteiger partial charge < -0.3 is 9.09 Å². The Balaban J connectivity index is 1.50. The predicted molar refractivity (Wildman–Crippen MR) is 110 cm³/mol. The Bertz CT molecular complexity index is 1020.